The van der Waals surface area contributed by atoms with Gasteiger partial charge in [0.1, 0.15) is 5.60 Å². The van der Waals surface area contributed by atoms with Gasteiger partial charge in [-0.1, -0.05) is 0 Å². The fourth-order valence-corrected chi connectivity index (χ4v) is 1.78. The Morgan fingerprint density at radius 3 is 2.52 bits per heavy atom. The van der Waals surface area contributed by atoms with Crippen LogP contribution in [0, 0.1) is 5.92 Å². The third-order valence-electron chi connectivity index (χ3n) is 2.87. The molecule has 21 heavy (non-hydrogen) atoms. The standard InChI is InChI=1S/C13H19N5O3/c1-13(2,3)21-12(20)18-6-8(7-18)11(19)17-10-9(14)15-4-5-16-10/h4-5,8H,6-7H2,1-3H3,(H2,14,15)(H,16,17,19). The van der Waals surface area contributed by atoms with Gasteiger partial charge in [0.2, 0.25) is 5.91 Å². The van der Waals surface area contributed by atoms with Crippen LogP contribution in [0.5, 0.6) is 0 Å². The summed E-state index contributed by atoms with van der Waals surface area (Å²) < 4.78 is 5.22. The van der Waals surface area contributed by atoms with Crippen molar-refractivity contribution in [3.8, 4) is 0 Å². The molecule has 0 spiro atoms. The second-order valence-corrected chi connectivity index (χ2v) is 5.86. The number of likely N-dealkylation sites (tertiary alicyclic amines) is 1. The van der Waals surface area contributed by atoms with Crippen LogP contribution in [0.2, 0.25) is 0 Å². The highest BCUT2D eigenvalue weighted by Gasteiger charge is 2.38. The van der Waals surface area contributed by atoms with Gasteiger partial charge in [0, 0.05) is 25.5 Å². The SMILES string of the molecule is CC(C)(C)OC(=O)N1CC(C(=O)Nc2nccnc2N)C1. The predicted molar refractivity (Wildman–Crippen MR) is 76.4 cm³/mol. The molecule has 1 aromatic rings. The number of nitrogens with two attached hydrogens (primary N) is 1. The molecule has 0 unspecified atom stereocenters. The number of carbonyl (C=O) groups is 2. The van der Waals surface area contributed by atoms with E-state index >= 15 is 0 Å². The Bertz CT molecular complexity index is 549. The van der Waals surface area contributed by atoms with Crippen LogP contribution in [0.15, 0.2) is 12.4 Å². The normalized spacial score (nSPS) is 15.3. The third kappa shape index (κ3) is 3.80. The van der Waals surface area contributed by atoms with E-state index in [2.05, 4.69) is 15.3 Å². The van der Waals surface area contributed by atoms with E-state index in [1.165, 1.54) is 17.3 Å². The zero-order valence-corrected chi connectivity index (χ0v) is 12.3. The van der Waals surface area contributed by atoms with Gasteiger partial charge in [-0.25, -0.2) is 14.8 Å². The lowest BCUT2D eigenvalue weighted by Gasteiger charge is -2.38. The molecule has 1 aromatic heterocycles. The summed E-state index contributed by atoms with van der Waals surface area (Å²) in [5.41, 5.74) is 5.06. The zero-order valence-electron chi connectivity index (χ0n) is 12.3. The van der Waals surface area contributed by atoms with Crippen LogP contribution in [0.25, 0.3) is 0 Å². The summed E-state index contributed by atoms with van der Waals surface area (Å²) in [7, 11) is 0. The molecule has 0 atom stereocenters. The van der Waals surface area contributed by atoms with Gasteiger partial charge < -0.3 is 20.7 Å². The van der Waals surface area contributed by atoms with Crippen molar-refractivity contribution >= 4 is 23.6 Å². The van der Waals surface area contributed by atoms with Crippen molar-refractivity contribution in [2.24, 2.45) is 5.92 Å². The van der Waals surface area contributed by atoms with Crippen molar-refractivity contribution in [1.29, 1.82) is 0 Å². The Kier molecular flexibility index (Phi) is 3.97. The molecule has 1 aliphatic heterocycles. The summed E-state index contributed by atoms with van der Waals surface area (Å²) in [5.74, 6) is -0.131. The summed E-state index contributed by atoms with van der Waals surface area (Å²) >= 11 is 0. The maximum absolute atomic E-state index is 12.0. The summed E-state index contributed by atoms with van der Waals surface area (Å²) in [6.45, 7) is 6.03. The Hall–Kier alpha value is -2.38. The first-order valence-corrected chi connectivity index (χ1v) is 6.61. The largest absolute Gasteiger partial charge is 0.444 e. The molecule has 2 rings (SSSR count). The molecule has 3 N–H and O–H groups in total. The molecular formula is C13H19N5O3. The van der Waals surface area contributed by atoms with Crippen LogP contribution >= 0.6 is 0 Å². The topological polar surface area (TPSA) is 110 Å². The number of hydrogen-bond acceptors (Lipinski definition) is 6. The number of aromatic nitrogens is 2. The van der Waals surface area contributed by atoms with E-state index in [1.54, 1.807) is 20.8 Å². The van der Waals surface area contributed by atoms with Crippen molar-refractivity contribution in [1.82, 2.24) is 14.9 Å². The highest BCUT2D eigenvalue weighted by molar-refractivity contribution is 5.95. The number of nitrogens with zero attached hydrogens (tertiary/aromatic N) is 3. The average molecular weight is 293 g/mol. The first kappa shape index (κ1) is 15.0. The van der Waals surface area contributed by atoms with Gasteiger partial charge in [0.25, 0.3) is 0 Å². The Morgan fingerprint density at radius 1 is 1.33 bits per heavy atom. The van der Waals surface area contributed by atoms with Crippen LogP contribution in [0.3, 0.4) is 0 Å². The number of ether oxygens (including phenoxy) is 1. The zero-order chi connectivity index (χ0) is 15.6. The number of nitrogen functional groups attached to an aromatic ring is 1. The monoisotopic (exact) mass is 293 g/mol. The van der Waals surface area contributed by atoms with E-state index < -0.39 is 11.7 Å². The maximum atomic E-state index is 12.0. The molecule has 114 valence electrons. The minimum Gasteiger partial charge on any atom is -0.444 e. The molecule has 0 aromatic carbocycles. The Morgan fingerprint density at radius 2 is 1.95 bits per heavy atom. The molecule has 0 saturated carbocycles. The van der Waals surface area contributed by atoms with Crippen LogP contribution in [0.1, 0.15) is 20.8 Å². The molecule has 8 nitrogen and oxygen atoms in total. The molecule has 1 fully saturated rings. The molecule has 1 saturated heterocycles. The van der Waals surface area contributed by atoms with Gasteiger partial charge >= 0.3 is 6.09 Å². The van der Waals surface area contributed by atoms with Gasteiger partial charge in [0.05, 0.1) is 5.92 Å². The van der Waals surface area contributed by atoms with Gasteiger partial charge in [-0.3, -0.25) is 4.79 Å². The van der Waals surface area contributed by atoms with Crippen molar-refractivity contribution in [3.05, 3.63) is 12.4 Å². The number of amides is 2. The molecule has 1 aliphatic rings. The second-order valence-electron chi connectivity index (χ2n) is 5.86. The molecule has 0 radical (unpaired) electrons. The van der Waals surface area contributed by atoms with Crippen molar-refractivity contribution in [2.75, 3.05) is 24.1 Å². The second kappa shape index (κ2) is 5.55. The van der Waals surface area contributed by atoms with E-state index in [9.17, 15) is 9.59 Å². The highest BCUT2D eigenvalue weighted by atomic mass is 16.6. The smallest absolute Gasteiger partial charge is 0.410 e. The summed E-state index contributed by atoms with van der Waals surface area (Å²) in [6, 6.07) is 0. The number of hydrogen-bond donors (Lipinski definition) is 2. The van der Waals surface area contributed by atoms with Gasteiger partial charge in [-0.2, -0.15) is 0 Å². The minimum atomic E-state index is -0.543. The van der Waals surface area contributed by atoms with Crippen molar-refractivity contribution in [2.45, 2.75) is 26.4 Å². The maximum Gasteiger partial charge on any atom is 0.410 e. The number of rotatable bonds is 2. The van der Waals surface area contributed by atoms with E-state index in [-0.39, 0.29) is 23.5 Å². The molecule has 0 aliphatic carbocycles. The first-order chi connectivity index (χ1) is 9.76. The Labute approximate surface area is 122 Å². The average Bonchev–Trinajstić information content (AvgIpc) is 2.27. The molecular weight excluding hydrogens is 274 g/mol. The number of nitrogens with one attached hydrogen (secondary N) is 1. The van der Waals surface area contributed by atoms with Crippen LogP contribution < -0.4 is 11.1 Å². The van der Waals surface area contributed by atoms with E-state index in [0.29, 0.717) is 13.1 Å². The summed E-state index contributed by atoms with van der Waals surface area (Å²) in [4.78, 5) is 33.0. The number of carbonyl (C=O) groups excluding carboxylic acids is 2. The van der Waals surface area contributed by atoms with Crippen LogP contribution in [-0.4, -0.2) is 45.6 Å². The lowest BCUT2D eigenvalue weighted by molar-refractivity contribution is -0.124. The van der Waals surface area contributed by atoms with Crippen LogP contribution in [-0.2, 0) is 9.53 Å². The highest BCUT2D eigenvalue weighted by Crippen LogP contribution is 2.21. The lowest BCUT2D eigenvalue weighted by Crippen LogP contribution is -2.55. The van der Waals surface area contributed by atoms with Gasteiger partial charge in [-0.15, -0.1) is 0 Å². The van der Waals surface area contributed by atoms with Crippen molar-refractivity contribution in [3.63, 3.8) is 0 Å². The summed E-state index contributed by atoms with van der Waals surface area (Å²) in [5, 5.41) is 2.60. The lowest BCUT2D eigenvalue weighted by atomic mass is 10.00. The third-order valence-corrected chi connectivity index (χ3v) is 2.87. The van der Waals surface area contributed by atoms with Crippen LogP contribution in [0.4, 0.5) is 16.4 Å². The molecule has 0 bridgehead atoms. The van der Waals surface area contributed by atoms with Gasteiger partial charge in [0.15, 0.2) is 11.6 Å². The molecule has 8 heteroatoms. The van der Waals surface area contributed by atoms with E-state index in [1.807, 2.05) is 0 Å². The molecule has 2 amide bonds. The fourth-order valence-electron chi connectivity index (χ4n) is 1.78. The first-order valence-electron chi connectivity index (χ1n) is 6.61. The quantitative estimate of drug-likeness (QED) is 0.837. The number of anilines is 2. The molecule has 2 heterocycles. The van der Waals surface area contributed by atoms with Crippen molar-refractivity contribution < 1.29 is 14.3 Å². The summed E-state index contributed by atoms with van der Waals surface area (Å²) in [6.07, 6.45) is 2.48. The van der Waals surface area contributed by atoms with Gasteiger partial charge in [-0.05, 0) is 20.8 Å². The Balaban J connectivity index is 1.83. The van der Waals surface area contributed by atoms with E-state index in [4.69, 9.17) is 10.5 Å². The predicted octanol–water partition coefficient (Wildman–Crippen LogP) is 0.864. The minimum absolute atomic E-state index is 0.161. The van der Waals surface area contributed by atoms with E-state index in [0.717, 1.165) is 0 Å². The fraction of sp³-hybridized carbons (Fsp3) is 0.538.